The van der Waals surface area contributed by atoms with Crippen LogP contribution < -0.4 is 5.32 Å². The maximum absolute atomic E-state index is 3.52. The molecule has 0 spiro atoms. The van der Waals surface area contributed by atoms with Gasteiger partial charge >= 0.3 is 0 Å². The summed E-state index contributed by atoms with van der Waals surface area (Å²) in [7, 11) is 0. The Hall–Kier alpha value is -0.0800. The molecule has 2 unspecified atom stereocenters. The van der Waals surface area contributed by atoms with Crippen LogP contribution in [0.2, 0.25) is 0 Å². The Morgan fingerprint density at radius 2 is 2.20 bits per heavy atom. The van der Waals surface area contributed by atoms with E-state index in [-0.39, 0.29) is 0 Å². The molecule has 2 heterocycles. The van der Waals surface area contributed by atoms with Crippen molar-refractivity contribution in [1.29, 1.82) is 0 Å². The molecule has 2 nitrogen and oxygen atoms in total. The maximum atomic E-state index is 3.52. The molecule has 0 aliphatic carbocycles. The summed E-state index contributed by atoms with van der Waals surface area (Å²) < 4.78 is 0. The van der Waals surface area contributed by atoms with Crippen LogP contribution in [0.1, 0.15) is 33.1 Å². The zero-order chi connectivity index (χ0) is 10.7. The minimum Gasteiger partial charge on any atom is -0.316 e. The number of nitrogens with zero attached hydrogens (tertiary/aromatic N) is 1. The second-order valence-electron chi connectivity index (χ2n) is 5.76. The molecule has 0 aromatic carbocycles. The molecular weight excluding hydrogens is 184 g/mol. The molecule has 2 heteroatoms. The van der Waals surface area contributed by atoms with Crippen molar-refractivity contribution in [2.75, 3.05) is 32.7 Å². The van der Waals surface area contributed by atoms with Crippen LogP contribution in [0.3, 0.4) is 0 Å². The molecule has 0 saturated carbocycles. The van der Waals surface area contributed by atoms with Crippen LogP contribution in [-0.4, -0.2) is 37.6 Å². The third-order valence-corrected chi connectivity index (χ3v) is 4.17. The Morgan fingerprint density at radius 3 is 2.80 bits per heavy atom. The van der Waals surface area contributed by atoms with Gasteiger partial charge in [-0.2, -0.15) is 0 Å². The molecule has 0 aromatic rings. The van der Waals surface area contributed by atoms with E-state index in [4.69, 9.17) is 0 Å². The van der Waals surface area contributed by atoms with Crippen molar-refractivity contribution in [3.05, 3.63) is 0 Å². The van der Waals surface area contributed by atoms with Crippen LogP contribution in [0.25, 0.3) is 0 Å². The molecule has 1 N–H and O–H groups in total. The lowest BCUT2D eigenvalue weighted by Gasteiger charge is -2.27. The van der Waals surface area contributed by atoms with E-state index in [1.807, 2.05) is 0 Å². The van der Waals surface area contributed by atoms with Crippen molar-refractivity contribution >= 4 is 0 Å². The zero-order valence-corrected chi connectivity index (χ0v) is 10.3. The van der Waals surface area contributed by atoms with E-state index in [9.17, 15) is 0 Å². The van der Waals surface area contributed by atoms with Crippen LogP contribution in [0.15, 0.2) is 0 Å². The van der Waals surface area contributed by atoms with Gasteiger partial charge in [-0.15, -0.1) is 0 Å². The van der Waals surface area contributed by atoms with Crippen LogP contribution in [-0.2, 0) is 0 Å². The summed E-state index contributed by atoms with van der Waals surface area (Å²) in [6.07, 6.45) is 4.25. The van der Waals surface area contributed by atoms with Gasteiger partial charge < -0.3 is 10.2 Å². The van der Waals surface area contributed by atoms with Gasteiger partial charge in [0.25, 0.3) is 0 Å². The van der Waals surface area contributed by atoms with Gasteiger partial charge in [-0.1, -0.05) is 13.8 Å². The minimum atomic E-state index is 0.875. The highest BCUT2D eigenvalue weighted by atomic mass is 15.1. The monoisotopic (exact) mass is 210 g/mol. The van der Waals surface area contributed by atoms with Crippen molar-refractivity contribution in [3.63, 3.8) is 0 Å². The summed E-state index contributed by atoms with van der Waals surface area (Å²) in [5.41, 5.74) is 0. The molecular formula is C13H26N2. The topological polar surface area (TPSA) is 15.3 Å². The number of hydrogen-bond donors (Lipinski definition) is 1. The fourth-order valence-electron chi connectivity index (χ4n) is 3.02. The second-order valence-corrected chi connectivity index (χ2v) is 5.76. The molecule has 15 heavy (non-hydrogen) atoms. The highest BCUT2D eigenvalue weighted by Crippen LogP contribution is 2.25. The van der Waals surface area contributed by atoms with Crippen LogP contribution in [0, 0.1) is 17.8 Å². The van der Waals surface area contributed by atoms with E-state index < -0.39 is 0 Å². The largest absolute Gasteiger partial charge is 0.316 e. The van der Waals surface area contributed by atoms with Gasteiger partial charge in [0.1, 0.15) is 0 Å². The Labute approximate surface area is 94.4 Å². The van der Waals surface area contributed by atoms with Crippen molar-refractivity contribution in [1.82, 2.24) is 10.2 Å². The molecule has 0 aromatic heterocycles. The molecule has 0 amide bonds. The molecule has 0 radical (unpaired) electrons. The van der Waals surface area contributed by atoms with Crippen molar-refractivity contribution in [2.24, 2.45) is 17.8 Å². The Morgan fingerprint density at radius 1 is 1.33 bits per heavy atom. The summed E-state index contributed by atoms with van der Waals surface area (Å²) in [6.45, 7) is 11.3. The van der Waals surface area contributed by atoms with Gasteiger partial charge in [-0.25, -0.2) is 0 Å². The predicted molar refractivity (Wildman–Crippen MR) is 65.0 cm³/mol. The van der Waals surface area contributed by atoms with Crippen LogP contribution >= 0.6 is 0 Å². The second kappa shape index (κ2) is 5.31. The van der Waals surface area contributed by atoms with Crippen molar-refractivity contribution < 1.29 is 0 Å². The first-order chi connectivity index (χ1) is 7.25. The highest BCUT2D eigenvalue weighted by Gasteiger charge is 2.26. The summed E-state index contributed by atoms with van der Waals surface area (Å²) >= 11 is 0. The SMILES string of the molecule is CC(C)C1CCN(CC2CCCNC2)C1. The molecule has 2 fully saturated rings. The number of nitrogens with one attached hydrogen (secondary N) is 1. The highest BCUT2D eigenvalue weighted by molar-refractivity contribution is 4.81. The smallest absolute Gasteiger partial charge is 0.00219 e. The lowest BCUT2D eigenvalue weighted by Crippen LogP contribution is -2.37. The molecule has 2 saturated heterocycles. The number of likely N-dealkylation sites (tertiary alicyclic amines) is 1. The first kappa shape index (κ1) is 11.4. The average Bonchev–Trinajstić information content (AvgIpc) is 2.68. The van der Waals surface area contributed by atoms with E-state index in [0.717, 1.165) is 17.8 Å². The fourth-order valence-corrected chi connectivity index (χ4v) is 3.02. The first-order valence-corrected chi connectivity index (χ1v) is 6.69. The number of hydrogen-bond acceptors (Lipinski definition) is 2. The minimum absolute atomic E-state index is 0.875. The fraction of sp³-hybridized carbons (Fsp3) is 1.00. The van der Waals surface area contributed by atoms with Gasteiger partial charge in [0.05, 0.1) is 0 Å². The van der Waals surface area contributed by atoms with Crippen LogP contribution in [0.5, 0.6) is 0 Å². The summed E-state index contributed by atoms with van der Waals surface area (Å²) in [4.78, 5) is 2.70. The Bertz CT molecular complexity index is 185. The normalized spacial score (nSPS) is 33.8. The van der Waals surface area contributed by atoms with E-state index in [1.54, 1.807) is 0 Å². The standard InChI is InChI=1S/C13H26N2/c1-11(2)13-5-7-15(10-13)9-12-4-3-6-14-8-12/h11-14H,3-10H2,1-2H3. The van der Waals surface area contributed by atoms with Crippen LogP contribution in [0.4, 0.5) is 0 Å². The summed E-state index contributed by atoms with van der Waals surface area (Å²) in [5.74, 6) is 2.76. The third kappa shape index (κ3) is 3.18. The summed E-state index contributed by atoms with van der Waals surface area (Å²) in [6, 6.07) is 0. The predicted octanol–water partition coefficient (Wildman–Crippen LogP) is 1.96. The van der Waals surface area contributed by atoms with Crippen molar-refractivity contribution in [2.45, 2.75) is 33.1 Å². The third-order valence-electron chi connectivity index (χ3n) is 4.17. The lowest BCUT2D eigenvalue weighted by atomic mass is 9.95. The van der Waals surface area contributed by atoms with Gasteiger partial charge in [0.15, 0.2) is 0 Å². The van der Waals surface area contributed by atoms with Gasteiger partial charge in [0.2, 0.25) is 0 Å². The molecule has 0 bridgehead atoms. The Balaban J connectivity index is 1.71. The average molecular weight is 210 g/mol. The van der Waals surface area contributed by atoms with Gasteiger partial charge in [0, 0.05) is 13.1 Å². The van der Waals surface area contributed by atoms with Gasteiger partial charge in [-0.3, -0.25) is 0 Å². The van der Waals surface area contributed by atoms with E-state index in [0.29, 0.717) is 0 Å². The summed E-state index contributed by atoms with van der Waals surface area (Å²) in [5, 5.41) is 3.52. The Kier molecular flexibility index (Phi) is 4.04. The number of piperidine rings is 1. The molecule has 2 aliphatic heterocycles. The molecule has 2 atom stereocenters. The lowest BCUT2D eigenvalue weighted by molar-refractivity contribution is 0.231. The molecule has 2 rings (SSSR count). The van der Waals surface area contributed by atoms with E-state index >= 15 is 0 Å². The first-order valence-electron chi connectivity index (χ1n) is 6.69. The zero-order valence-electron chi connectivity index (χ0n) is 10.3. The van der Waals surface area contributed by atoms with Crippen molar-refractivity contribution in [3.8, 4) is 0 Å². The van der Waals surface area contributed by atoms with Gasteiger partial charge in [-0.05, 0) is 56.7 Å². The van der Waals surface area contributed by atoms with E-state index in [1.165, 1.54) is 52.0 Å². The van der Waals surface area contributed by atoms with E-state index in [2.05, 4.69) is 24.1 Å². The maximum Gasteiger partial charge on any atom is 0.00219 e. The number of rotatable bonds is 3. The molecule has 2 aliphatic rings. The quantitative estimate of drug-likeness (QED) is 0.766. The molecule has 88 valence electrons.